The van der Waals surface area contributed by atoms with E-state index in [0.29, 0.717) is 92.5 Å². The van der Waals surface area contributed by atoms with Gasteiger partial charge in [-0.1, -0.05) is 43.2 Å². The molecule has 0 unspecified atom stereocenters. The smallest absolute Gasteiger partial charge is 0.119 e. The van der Waals surface area contributed by atoms with E-state index < -0.39 is 0 Å². The van der Waals surface area contributed by atoms with Crippen LogP contribution < -0.4 is 9.47 Å². The molecule has 0 aliphatic heterocycles. The van der Waals surface area contributed by atoms with Gasteiger partial charge in [-0.2, -0.15) is 0 Å². The van der Waals surface area contributed by atoms with Crippen molar-refractivity contribution in [3.63, 3.8) is 0 Å². The van der Waals surface area contributed by atoms with Crippen LogP contribution in [0.4, 0.5) is 0 Å². The van der Waals surface area contributed by atoms with Crippen LogP contribution in [0.3, 0.4) is 0 Å². The molecule has 0 aliphatic rings. The first kappa shape index (κ1) is 32.0. The first-order valence-electron chi connectivity index (χ1n) is 13.7. The minimum absolute atomic E-state index is 0.523. The van der Waals surface area contributed by atoms with E-state index in [-0.39, 0.29) is 0 Å². The maximum absolute atomic E-state index is 5.68. The molecule has 2 rings (SSSR count). The van der Waals surface area contributed by atoms with E-state index in [2.05, 4.69) is 26.0 Å². The van der Waals surface area contributed by atoms with E-state index in [9.17, 15) is 0 Å². The van der Waals surface area contributed by atoms with Gasteiger partial charge in [0.15, 0.2) is 0 Å². The largest absolute Gasteiger partial charge is 0.491 e. The molecule has 2 aromatic carbocycles. The number of ether oxygens (including phenoxy) is 8. The molecule has 214 valence electrons. The highest BCUT2D eigenvalue weighted by Crippen LogP contribution is 2.13. The summed E-state index contributed by atoms with van der Waals surface area (Å²) in [6.45, 7) is 11.7. The molecule has 2 aromatic rings. The summed E-state index contributed by atoms with van der Waals surface area (Å²) in [6.07, 6.45) is 2.25. The minimum Gasteiger partial charge on any atom is -0.491 e. The van der Waals surface area contributed by atoms with Gasteiger partial charge in [0.25, 0.3) is 0 Å². The van der Waals surface area contributed by atoms with E-state index in [1.54, 1.807) is 0 Å². The van der Waals surface area contributed by atoms with E-state index in [1.807, 2.05) is 36.4 Å². The maximum Gasteiger partial charge on any atom is 0.119 e. The highest BCUT2D eigenvalue weighted by Gasteiger charge is 1.98. The minimum atomic E-state index is 0.523. The van der Waals surface area contributed by atoms with Crippen molar-refractivity contribution in [1.29, 1.82) is 0 Å². The average Bonchev–Trinajstić information content (AvgIpc) is 2.93. The SMILES string of the molecule is CCCc1ccc(OCCOCCOCCOCCOCCOCCOCCOc2ccc(C)cc2)cc1. The van der Waals surface area contributed by atoms with Crippen LogP contribution in [0.1, 0.15) is 24.5 Å². The van der Waals surface area contributed by atoms with Crippen molar-refractivity contribution in [2.75, 3.05) is 92.5 Å². The quantitative estimate of drug-likeness (QED) is 0.172. The lowest BCUT2D eigenvalue weighted by Gasteiger charge is -2.09. The molecule has 8 nitrogen and oxygen atoms in total. The average molecular weight is 535 g/mol. The van der Waals surface area contributed by atoms with Gasteiger partial charge in [-0.25, -0.2) is 0 Å². The van der Waals surface area contributed by atoms with Gasteiger partial charge in [0.2, 0.25) is 0 Å². The maximum atomic E-state index is 5.68. The van der Waals surface area contributed by atoms with Crippen molar-refractivity contribution >= 4 is 0 Å². The monoisotopic (exact) mass is 534 g/mol. The van der Waals surface area contributed by atoms with Gasteiger partial charge < -0.3 is 37.9 Å². The van der Waals surface area contributed by atoms with Crippen LogP contribution in [0.15, 0.2) is 48.5 Å². The third-order valence-corrected chi connectivity index (χ3v) is 5.34. The lowest BCUT2D eigenvalue weighted by molar-refractivity contribution is -0.0187. The second-order valence-electron chi connectivity index (χ2n) is 8.58. The van der Waals surface area contributed by atoms with Crippen LogP contribution in [-0.4, -0.2) is 92.5 Å². The first-order valence-corrected chi connectivity index (χ1v) is 13.7. The Labute approximate surface area is 228 Å². The zero-order valence-electron chi connectivity index (χ0n) is 23.2. The molecule has 0 atom stereocenters. The van der Waals surface area contributed by atoms with Gasteiger partial charge in [-0.15, -0.1) is 0 Å². The van der Waals surface area contributed by atoms with Gasteiger partial charge in [-0.3, -0.25) is 0 Å². The van der Waals surface area contributed by atoms with Crippen LogP contribution in [0.2, 0.25) is 0 Å². The number of hydrogen-bond acceptors (Lipinski definition) is 8. The summed E-state index contributed by atoms with van der Waals surface area (Å²) in [6, 6.07) is 16.2. The van der Waals surface area contributed by atoms with Crippen molar-refractivity contribution in [2.45, 2.75) is 26.7 Å². The summed E-state index contributed by atoms with van der Waals surface area (Å²) in [7, 11) is 0. The van der Waals surface area contributed by atoms with E-state index in [0.717, 1.165) is 24.3 Å². The van der Waals surface area contributed by atoms with Crippen molar-refractivity contribution in [3.05, 3.63) is 59.7 Å². The molecule has 0 fully saturated rings. The Morgan fingerprint density at radius 3 is 1.08 bits per heavy atom. The standard InChI is InChI=1S/C30H46O8/c1-3-4-28-7-11-30(12-8-28)38-26-24-36-22-20-34-18-16-32-14-13-31-15-17-33-19-21-35-23-25-37-29-9-5-27(2)6-10-29/h5-12H,3-4,13-26H2,1-2H3. The first-order chi connectivity index (χ1) is 18.8. The molecular formula is C30H46O8. The summed E-state index contributed by atoms with van der Waals surface area (Å²) in [5.41, 5.74) is 2.55. The molecule has 0 amide bonds. The predicted molar refractivity (Wildman–Crippen MR) is 148 cm³/mol. The molecule has 0 radical (unpaired) electrons. The molecule has 0 aliphatic carbocycles. The van der Waals surface area contributed by atoms with Gasteiger partial charge in [0.05, 0.1) is 79.3 Å². The van der Waals surface area contributed by atoms with Gasteiger partial charge in [-0.05, 0) is 43.2 Å². The number of rotatable bonds is 25. The van der Waals surface area contributed by atoms with Crippen LogP contribution in [0.5, 0.6) is 11.5 Å². The molecule has 0 saturated heterocycles. The Morgan fingerprint density at radius 1 is 0.421 bits per heavy atom. The van der Waals surface area contributed by atoms with E-state index in [4.69, 9.17) is 37.9 Å². The fourth-order valence-corrected chi connectivity index (χ4v) is 3.31. The number of hydrogen-bond donors (Lipinski definition) is 0. The molecule has 0 aromatic heterocycles. The highest BCUT2D eigenvalue weighted by molar-refractivity contribution is 5.27. The van der Waals surface area contributed by atoms with Crippen LogP contribution in [-0.2, 0) is 34.8 Å². The highest BCUT2D eigenvalue weighted by atomic mass is 16.6. The molecule has 0 spiro atoms. The van der Waals surface area contributed by atoms with E-state index in [1.165, 1.54) is 11.1 Å². The summed E-state index contributed by atoms with van der Waals surface area (Å²) in [5.74, 6) is 1.73. The topological polar surface area (TPSA) is 73.8 Å². The molecule has 0 bridgehead atoms. The Bertz CT molecular complexity index is 782. The van der Waals surface area contributed by atoms with Crippen molar-refractivity contribution in [3.8, 4) is 11.5 Å². The Balaban J connectivity index is 1.22. The summed E-state index contributed by atoms with van der Waals surface area (Å²) in [5, 5.41) is 0. The van der Waals surface area contributed by atoms with Crippen molar-refractivity contribution < 1.29 is 37.9 Å². The third kappa shape index (κ3) is 17.3. The second-order valence-corrected chi connectivity index (χ2v) is 8.58. The van der Waals surface area contributed by atoms with Crippen molar-refractivity contribution in [2.24, 2.45) is 0 Å². The number of benzene rings is 2. The lowest BCUT2D eigenvalue weighted by Crippen LogP contribution is -2.15. The molecule has 38 heavy (non-hydrogen) atoms. The van der Waals surface area contributed by atoms with Crippen LogP contribution >= 0.6 is 0 Å². The number of aryl methyl sites for hydroxylation is 2. The fraction of sp³-hybridized carbons (Fsp3) is 0.600. The summed E-state index contributed by atoms with van der Waals surface area (Å²) >= 11 is 0. The fourth-order valence-electron chi connectivity index (χ4n) is 3.31. The van der Waals surface area contributed by atoms with Gasteiger partial charge in [0.1, 0.15) is 24.7 Å². The van der Waals surface area contributed by atoms with Crippen LogP contribution in [0, 0.1) is 6.92 Å². The Hall–Kier alpha value is -2.20. The Kier molecular flexibility index (Phi) is 19.2. The molecule has 0 saturated carbocycles. The molecule has 0 heterocycles. The van der Waals surface area contributed by atoms with Gasteiger partial charge in [0, 0.05) is 0 Å². The second kappa shape index (κ2) is 22.8. The van der Waals surface area contributed by atoms with E-state index >= 15 is 0 Å². The predicted octanol–water partition coefficient (Wildman–Crippen LogP) is 4.50. The zero-order chi connectivity index (χ0) is 26.9. The summed E-state index contributed by atoms with van der Waals surface area (Å²) < 4.78 is 44.3. The normalized spacial score (nSPS) is 11.1. The molecular weight excluding hydrogens is 488 g/mol. The third-order valence-electron chi connectivity index (χ3n) is 5.34. The zero-order valence-corrected chi connectivity index (χ0v) is 23.2. The van der Waals surface area contributed by atoms with Crippen LogP contribution in [0.25, 0.3) is 0 Å². The Morgan fingerprint density at radius 2 is 0.737 bits per heavy atom. The summed E-state index contributed by atoms with van der Waals surface area (Å²) in [4.78, 5) is 0. The molecule has 0 N–H and O–H groups in total. The lowest BCUT2D eigenvalue weighted by atomic mass is 10.1. The van der Waals surface area contributed by atoms with Crippen molar-refractivity contribution in [1.82, 2.24) is 0 Å². The molecule has 8 heteroatoms. The van der Waals surface area contributed by atoms with Gasteiger partial charge >= 0.3 is 0 Å².